The number of Topliss-reactive ketones (excluding diaryl/α,β-unsaturated/α-hetero) is 1. The largest absolute Gasteiger partial charge is 0.324 e. The lowest BCUT2D eigenvalue weighted by Gasteiger charge is -2.06. The van der Waals surface area contributed by atoms with E-state index in [1.165, 1.54) is 0 Å². The average molecular weight is 249 g/mol. The molecule has 88 valence electrons. The Balaban J connectivity index is 3.58. The highest BCUT2D eigenvalue weighted by molar-refractivity contribution is 7.90. The van der Waals surface area contributed by atoms with Gasteiger partial charge in [-0.1, -0.05) is 0 Å². The predicted octanol–water partition coefficient (Wildman–Crippen LogP) is 0.510. The van der Waals surface area contributed by atoms with Crippen LogP contribution in [0, 0.1) is 11.6 Å². The summed E-state index contributed by atoms with van der Waals surface area (Å²) in [6, 6.07) is 1.59. The van der Waals surface area contributed by atoms with E-state index in [0.29, 0.717) is 6.26 Å². The van der Waals surface area contributed by atoms with Gasteiger partial charge in [0.15, 0.2) is 21.4 Å². The molecule has 4 nitrogen and oxygen atoms in total. The third kappa shape index (κ3) is 2.25. The molecule has 1 aromatic rings. The number of nitrogens with two attached hydrogens (primary N) is 1. The molecule has 0 bridgehead atoms. The van der Waals surface area contributed by atoms with Crippen molar-refractivity contribution in [2.24, 2.45) is 5.73 Å². The zero-order chi connectivity index (χ0) is 12.5. The van der Waals surface area contributed by atoms with Crippen molar-refractivity contribution in [3.8, 4) is 0 Å². The highest BCUT2D eigenvalue weighted by atomic mass is 32.2. The Morgan fingerprint density at radius 3 is 2.38 bits per heavy atom. The van der Waals surface area contributed by atoms with Crippen molar-refractivity contribution in [1.29, 1.82) is 0 Å². The molecular formula is C9H9F2NO3S. The summed E-state index contributed by atoms with van der Waals surface area (Å²) >= 11 is 0. The van der Waals surface area contributed by atoms with E-state index in [0.717, 1.165) is 12.1 Å². The first-order chi connectivity index (χ1) is 7.29. The SMILES string of the molecule is CS(=O)(=O)c1c(F)ccc(C(=O)CN)c1F. The first-order valence-electron chi connectivity index (χ1n) is 4.20. The van der Waals surface area contributed by atoms with E-state index in [4.69, 9.17) is 5.73 Å². The predicted molar refractivity (Wildman–Crippen MR) is 52.9 cm³/mol. The van der Waals surface area contributed by atoms with Crippen molar-refractivity contribution in [3.05, 3.63) is 29.3 Å². The fourth-order valence-electron chi connectivity index (χ4n) is 1.20. The van der Waals surface area contributed by atoms with Crippen LogP contribution in [0.3, 0.4) is 0 Å². The van der Waals surface area contributed by atoms with Gasteiger partial charge in [0, 0.05) is 6.26 Å². The van der Waals surface area contributed by atoms with Crippen molar-refractivity contribution in [1.82, 2.24) is 0 Å². The summed E-state index contributed by atoms with van der Waals surface area (Å²) in [7, 11) is -4.07. The van der Waals surface area contributed by atoms with Crippen molar-refractivity contribution in [3.63, 3.8) is 0 Å². The molecule has 0 aliphatic heterocycles. The van der Waals surface area contributed by atoms with Crippen molar-refractivity contribution in [2.75, 3.05) is 12.8 Å². The maximum absolute atomic E-state index is 13.6. The molecule has 7 heteroatoms. The summed E-state index contributed by atoms with van der Waals surface area (Å²) in [6.07, 6.45) is 0.658. The topological polar surface area (TPSA) is 77.2 Å². The normalized spacial score (nSPS) is 11.5. The van der Waals surface area contributed by atoms with Gasteiger partial charge in [0.1, 0.15) is 10.7 Å². The second kappa shape index (κ2) is 4.26. The Kier molecular flexibility index (Phi) is 3.39. The highest BCUT2D eigenvalue weighted by Gasteiger charge is 2.24. The van der Waals surface area contributed by atoms with E-state index in [9.17, 15) is 22.0 Å². The zero-order valence-corrected chi connectivity index (χ0v) is 9.14. The van der Waals surface area contributed by atoms with Gasteiger partial charge < -0.3 is 5.73 Å². The molecular weight excluding hydrogens is 240 g/mol. The molecule has 0 unspecified atom stereocenters. The molecule has 0 amide bonds. The minimum Gasteiger partial charge on any atom is -0.324 e. The minimum atomic E-state index is -4.07. The van der Waals surface area contributed by atoms with Crippen molar-refractivity contribution >= 4 is 15.6 Å². The monoisotopic (exact) mass is 249 g/mol. The third-order valence-electron chi connectivity index (χ3n) is 1.91. The van der Waals surface area contributed by atoms with Crippen LogP contribution in [0.1, 0.15) is 10.4 Å². The van der Waals surface area contributed by atoms with Gasteiger partial charge >= 0.3 is 0 Å². The standard InChI is InChI=1S/C9H9F2NO3S/c1-16(14,15)9-6(10)3-2-5(8(9)11)7(13)4-12/h2-3H,4,12H2,1H3. The Bertz CT molecular complexity index is 540. The smallest absolute Gasteiger partial charge is 0.181 e. The molecule has 0 saturated carbocycles. The lowest BCUT2D eigenvalue weighted by molar-refractivity contribution is 0.0997. The molecule has 1 rings (SSSR count). The molecule has 0 saturated heterocycles. The first kappa shape index (κ1) is 12.7. The number of sulfone groups is 1. The number of rotatable bonds is 3. The highest BCUT2D eigenvalue weighted by Crippen LogP contribution is 2.21. The van der Waals surface area contributed by atoms with E-state index in [1.807, 2.05) is 0 Å². The van der Waals surface area contributed by atoms with Gasteiger partial charge in [-0.05, 0) is 12.1 Å². The summed E-state index contributed by atoms with van der Waals surface area (Å²) in [5, 5.41) is 0. The Hall–Kier alpha value is -1.34. The maximum Gasteiger partial charge on any atom is 0.181 e. The van der Waals surface area contributed by atoms with E-state index in [-0.39, 0.29) is 0 Å². The average Bonchev–Trinajstić information content (AvgIpc) is 2.14. The Morgan fingerprint density at radius 1 is 1.38 bits per heavy atom. The number of benzene rings is 1. The molecule has 0 radical (unpaired) electrons. The molecule has 0 fully saturated rings. The molecule has 2 N–H and O–H groups in total. The summed E-state index contributed by atoms with van der Waals surface area (Å²) in [5.41, 5.74) is 4.49. The van der Waals surface area contributed by atoms with E-state index < -0.39 is 44.3 Å². The van der Waals surface area contributed by atoms with Crippen molar-refractivity contribution in [2.45, 2.75) is 4.90 Å². The van der Waals surface area contributed by atoms with Crippen LogP contribution in [-0.4, -0.2) is 27.0 Å². The molecule has 0 atom stereocenters. The van der Waals surface area contributed by atoms with Crippen molar-refractivity contribution < 1.29 is 22.0 Å². The van der Waals surface area contributed by atoms with Crippen LogP contribution < -0.4 is 5.73 Å². The molecule has 0 aliphatic carbocycles. The fraction of sp³-hybridized carbons (Fsp3) is 0.222. The van der Waals surface area contributed by atoms with Crippen LogP contribution in [0.2, 0.25) is 0 Å². The van der Waals surface area contributed by atoms with Gasteiger partial charge in [0.2, 0.25) is 0 Å². The molecule has 0 spiro atoms. The van der Waals surface area contributed by atoms with Gasteiger partial charge in [-0.25, -0.2) is 17.2 Å². The summed E-state index contributed by atoms with van der Waals surface area (Å²) in [4.78, 5) is 10.0. The van der Waals surface area contributed by atoms with E-state index in [2.05, 4.69) is 0 Å². The fourth-order valence-corrected chi connectivity index (χ4v) is 2.06. The summed E-state index contributed by atoms with van der Waals surface area (Å²) in [5.74, 6) is -3.41. The van der Waals surface area contributed by atoms with Crippen LogP contribution in [0.15, 0.2) is 17.0 Å². The molecule has 1 aromatic carbocycles. The summed E-state index contributed by atoms with van der Waals surface area (Å²) in [6.45, 7) is -0.480. The quantitative estimate of drug-likeness (QED) is 0.792. The Labute approximate surface area is 91.0 Å². The number of hydrogen-bond acceptors (Lipinski definition) is 4. The second-order valence-electron chi connectivity index (χ2n) is 3.14. The van der Waals surface area contributed by atoms with E-state index in [1.54, 1.807) is 0 Å². The zero-order valence-electron chi connectivity index (χ0n) is 8.33. The van der Waals surface area contributed by atoms with Crippen LogP contribution in [-0.2, 0) is 9.84 Å². The minimum absolute atomic E-state index is 0.480. The number of carbonyl (C=O) groups is 1. The molecule has 0 aromatic heterocycles. The number of ketones is 1. The van der Waals surface area contributed by atoms with Gasteiger partial charge in [-0.3, -0.25) is 4.79 Å². The van der Waals surface area contributed by atoms with Gasteiger partial charge in [0.25, 0.3) is 0 Å². The van der Waals surface area contributed by atoms with Gasteiger partial charge in [0.05, 0.1) is 12.1 Å². The number of halogens is 2. The van der Waals surface area contributed by atoms with Crippen LogP contribution >= 0.6 is 0 Å². The molecule has 0 heterocycles. The second-order valence-corrected chi connectivity index (χ2v) is 5.09. The Morgan fingerprint density at radius 2 is 1.94 bits per heavy atom. The maximum atomic E-state index is 13.6. The first-order valence-corrected chi connectivity index (χ1v) is 6.09. The van der Waals surface area contributed by atoms with Gasteiger partial charge in [-0.15, -0.1) is 0 Å². The number of hydrogen-bond donors (Lipinski definition) is 1. The van der Waals surface area contributed by atoms with Gasteiger partial charge in [-0.2, -0.15) is 0 Å². The lowest BCUT2D eigenvalue weighted by atomic mass is 10.1. The van der Waals surface area contributed by atoms with Crippen LogP contribution in [0.25, 0.3) is 0 Å². The van der Waals surface area contributed by atoms with Crippen LogP contribution in [0.4, 0.5) is 8.78 Å². The summed E-state index contributed by atoms with van der Waals surface area (Å²) < 4.78 is 48.9. The molecule has 16 heavy (non-hydrogen) atoms. The molecule has 0 aliphatic rings. The van der Waals surface area contributed by atoms with Crippen LogP contribution in [0.5, 0.6) is 0 Å². The third-order valence-corrected chi connectivity index (χ3v) is 3.02. The van der Waals surface area contributed by atoms with E-state index >= 15 is 0 Å². The lowest BCUT2D eigenvalue weighted by Crippen LogP contribution is -2.17. The number of carbonyl (C=O) groups excluding carboxylic acids is 1.